The molecule has 2 aliphatic carbocycles. The molecule has 4 unspecified atom stereocenters. The summed E-state index contributed by atoms with van der Waals surface area (Å²) in [5.41, 5.74) is 5.45. The highest BCUT2D eigenvalue weighted by Crippen LogP contribution is 2.52. The van der Waals surface area contributed by atoms with Crippen molar-refractivity contribution in [3.8, 4) is 0 Å². The second-order valence-corrected chi connectivity index (χ2v) is 12.1. The monoisotopic (exact) mass is 514 g/mol. The summed E-state index contributed by atoms with van der Waals surface area (Å²) in [5.74, 6) is 0.0534. The van der Waals surface area contributed by atoms with Crippen molar-refractivity contribution in [2.24, 2.45) is 11.8 Å². The molecular formula is C26H30N2O3S3. The van der Waals surface area contributed by atoms with Gasteiger partial charge in [-0.15, -0.1) is 11.8 Å². The summed E-state index contributed by atoms with van der Waals surface area (Å²) in [7, 11) is 0. The Kier molecular flexibility index (Phi) is 6.86. The third-order valence-corrected chi connectivity index (χ3v) is 9.55. The molecule has 0 bridgehead atoms. The summed E-state index contributed by atoms with van der Waals surface area (Å²) in [6, 6.07) is 9.51. The maximum Gasteiger partial charge on any atom is 0.305 e. The molecule has 2 aliphatic heterocycles. The summed E-state index contributed by atoms with van der Waals surface area (Å²) in [5, 5.41) is 19.8. The molecule has 5 rings (SSSR count). The van der Waals surface area contributed by atoms with Crippen LogP contribution >= 0.6 is 35.7 Å². The molecule has 34 heavy (non-hydrogen) atoms. The van der Waals surface area contributed by atoms with Gasteiger partial charge in [0.25, 0.3) is 0 Å². The number of thiocarbonyl (C=S) groups is 1. The Morgan fingerprint density at radius 1 is 1.29 bits per heavy atom. The molecule has 5 nitrogen and oxygen atoms in total. The van der Waals surface area contributed by atoms with Crippen molar-refractivity contribution in [2.45, 2.75) is 56.2 Å². The number of aliphatic carboxylic acids is 1. The first-order chi connectivity index (χ1) is 16.4. The lowest BCUT2D eigenvalue weighted by Gasteiger charge is -2.33. The number of allylic oxidation sites excluding steroid dienone is 4. The number of aliphatic hydroxyl groups excluding tert-OH is 1. The highest BCUT2D eigenvalue weighted by Gasteiger charge is 2.45. The fraction of sp³-hybridized carbons (Fsp3) is 0.462. The van der Waals surface area contributed by atoms with E-state index >= 15 is 0 Å². The van der Waals surface area contributed by atoms with Gasteiger partial charge in [-0.2, -0.15) is 0 Å². The lowest BCUT2D eigenvalue weighted by atomic mass is 9.84. The molecule has 8 heteroatoms. The molecule has 4 atom stereocenters. The van der Waals surface area contributed by atoms with Crippen LogP contribution in [0.4, 0.5) is 5.69 Å². The number of nitrogens with zero attached hydrogens (tertiary/aromatic N) is 2. The molecule has 1 saturated heterocycles. The molecule has 2 fully saturated rings. The number of fused-ring (bicyclic) bond motifs is 2. The molecule has 1 aromatic carbocycles. The fourth-order valence-electron chi connectivity index (χ4n) is 5.89. The maximum absolute atomic E-state index is 11.0. The number of carboxylic acid groups (broad SMARTS) is 1. The Balaban J connectivity index is 1.45. The van der Waals surface area contributed by atoms with E-state index < -0.39 is 12.2 Å². The summed E-state index contributed by atoms with van der Waals surface area (Å²) in [6.45, 7) is 2.53. The van der Waals surface area contributed by atoms with E-state index in [4.69, 9.17) is 17.3 Å². The summed E-state index contributed by atoms with van der Waals surface area (Å²) in [6.07, 6.45) is 10.3. The van der Waals surface area contributed by atoms with Gasteiger partial charge in [-0.1, -0.05) is 43.4 Å². The zero-order valence-corrected chi connectivity index (χ0v) is 21.9. The van der Waals surface area contributed by atoms with Crippen molar-refractivity contribution >= 4 is 51.7 Å². The molecule has 0 spiro atoms. The Bertz CT molecular complexity index is 1100. The molecule has 0 radical (unpaired) electrons. The Hall–Kier alpha value is -1.74. The summed E-state index contributed by atoms with van der Waals surface area (Å²) in [4.78, 5) is 17.3. The van der Waals surface area contributed by atoms with Crippen molar-refractivity contribution < 1.29 is 15.0 Å². The number of hydrogen-bond acceptors (Lipinski definition) is 6. The van der Waals surface area contributed by atoms with Crippen LogP contribution in [-0.4, -0.2) is 50.5 Å². The van der Waals surface area contributed by atoms with E-state index in [1.165, 1.54) is 58.5 Å². The van der Waals surface area contributed by atoms with Crippen LogP contribution < -0.4 is 4.90 Å². The highest BCUT2D eigenvalue weighted by atomic mass is 32.2. The maximum atomic E-state index is 11.0. The predicted molar refractivity (Wildman–Crippen MR) is 144 cm³/mol. The molecule has 2 heterocycles. The van der Waals surface area contributed by atoms with Gasteiger partial charge in [-0.05, 0) is 67.0 Å². The van der Waals surface area contributed by atoms with Gasteiger partial charge in [0.05, 0.1) is 6.42 Å². The Morgan fingerprint density at radius 3 is 2.76 bits per heavy atom. The van der Waals surface area contributed by atoms with Gasteiger partial charge in [-0.25, -0.2) is 0 Å². The van der Waals surface area contributed by atoms with Crippen LogP contribution in [0.5, 0.6) is 0 Å². The molecule has 2 N–H and O–H groups in total. The van der Waals surface area contributed by atoms with E-state index in [0.717, 1.165) is 11.3 Å². The van der Waals surface area contributed by atoms with Crippen LogP contribution in [0.1, 0.15) is 39.0 Å². The van der Waals surface area contributed by atoms with E-state index in [1.54, 1.807) is 16.7 Å². The number of anilines is 1. The quantitative estimate of drug-likeness (QED) is 0.374. The number of hydrogen-bond donors (Lipinski definition) is 2. The smallest absolute Gasteiger partial charge is 0.305 e. The van der Waals surface area contributed by atoms with Crippen LogP contribution in [-0.2, 0) is 4.79 Å². The highest BCUT2D eigenvalue weighted by molar-refractivity contribution is 8.25. The third kappa shape index (κ3) is 4.34. The number of rotatable bonds is 6. The number of thioether (sulfide) groups is 2. The Morgan fingerprint density at radius 2 is 2.06 bits per heavy atom. The van der Waals surface area contributed by atoms with E-state index in [9.17, 15) is 9.90 Å². The molecule has 180 valence electrons. The lowest BCUT2D eigenvalue weighted by Crippen LogP contribution is -2.34. The standard InChI is InChI=1S/C26H30N2O3S3/c1-15-12-16(14-22-25(31)27(26(32)34-22)11-10-23(29)30)13-20-19-4-3-5-21(19)28(24(15)20)17-6-8-18(33-2)9-7-17/h6-9,13-15,19,21,25,31H,3-5,10-12H2,1-2H3,(H,29,30)/b22-14+. The van der Waals surface area contributed by atoms with Crippen molar-refractivity contribution in [3.63, 3.8) is 0 Å². The van der Waals surface area contributed by atoms with E-state index in [-0.39, 0.29) is 13.0 Å². The van der Waals surface area contributed by atoms with Gasteiger partial charge in [0.15, 0.2) is 6.23 Å². The first kappa shape index (κ1) is 24.0. The lowest BCUT2D eigenvalue weighted by molar-refractivity contribution is -0.137. The zero-order valence-electron chi connectivity index (χ0n) is 19.4. The molecule has 0 amide bonds. The minimum absolute atomic E-state index is 0.0438. The van der Waals surface area contributed by atoms with Crippen molar-refractivity contribution in [1.29, 1.82) is 0 Å². The van der Waals surface area contributed by atoms with Gasteiger partial charge >= 0.3 is 5.97 Å². The van der Waals surface area contributed by atoms with Crippen molar-refractivity contribution in [1.82, 2.24) is 4.90 Å². The molecule has 4 aliphatic rings. The number of carbonyl (C=O) groups is 1. The molecular weight excluding hydrogens is 484 g/mol. The zero-order chi connectivity index (χ0) is 24.0. The number of benzene rings is 1. The van der Waals surface area contributed by atoms with E-state index in [0.29, 0.717) is 22.2 Å². The summed E-state index contributed by atoms with van der Waals surface area (Å²) >= 11 is 8.57. The van der Waals surface area contributed by atoms with Crippen molar-refractivity contribution in [2.75, 3.05) is 17.7 Å². The SMILES string of the molecule is CSc1ccc(N2C3=C(C=C(/C=C4/SC(=S)N(CCC(=O)O)C4O)CC3C)C3CCCC32)cc1. The van der Waals surface area contributed by atoms with Gasteiger partial charge < -0.3 is 20.0 Å². The first-order valence-electron chi connectivity index (χ1n) is 11.8. The predicted octanol–water partition coefficient (Wildman–Crippen LogP) is 5.63. The average Bonchev–Trinajstić information content (AvgIpc) is 3.47. The van der Waals surface area contributed by atoms with Crippen LogP contribution in [0.2, 0.25) is 0 Å². The van der Waals surface area contributed by atoms with Crippen LogP contribution in [0, 0.1) is 11.8 Å². The molecule has 1 saturated carbocycles. The normalized spacial score (nSPS) is 29.7. The van der Waals surface area contributed by atoms with Gasteiger partial charge in [-0.3, -0.25) is 4.79 Å². The average molecular weight is 515 g/mol. The number of aliphatic hydroxyl groups is 1. The van der Waals surface area contributed by atoms with Crippen LogP contribution in [0.15, 0.2) is 63.1 Å². The van der Waals surface area contributed by atoms with Gasteiger partial charge in [0.1, 0.15) is 4.32 Å². The third-order valence-electron chi connectivity index (χ3n) is 7.35. The van der Waals surface area contributed by atoms with Crippen LogP contribution in [0.3, 0.4) is 0 Å². The largest absolute Gasteiger partial charge is 0.481 e. The Labute approximate surface area is 215 Å². The molecule has 0 aromatic heterocycles. The number of carboxylic acids is 1. The summed E-state index contributed by atoms with van der Waals surface area (Å²) < 4.78 is 0.543. The van der Waals surface area contributed by atoms with E-state index in [2.05, 4.69) is 54.5 Å². The first-order valence-corrected chi connectivity index (χ1v) is 14.3. The van der Waals surface area contributed by atoms with E-state index in [1.807, 2.05) is 0 Å². The second-order valence-electron chi connectivity index (χ2n) is 9.46. The minimum Gasteiger partial charge on any atom is -0.481 e. The van der Waals surface area contributed by atoms with Gasteiger partial charge in [0.2, 0.25) is 0 Å². The molecule has 1 aromatic rings. The second kappa shape index (κ2) is 9.72. The van der Waals surface area contributed by atoms with Gasteiger partial charge in [0, 0.05) is 45.6 Å². The fourth-order valence-corrected chi connectivity index (χ4v) is 7.73. The minimum atomic E-state index is -0.888. The van der Waals surface area contributed by atoms with Crippen molar-refractivity contribution in [3.05, 3.63) is 58.2 Å². The van der Waals surface area contributed by atoms with Crippen LogP contribution in [0.25, 0.3) is 0 Å². The topological polar surface area (TPSA) is 64.0 Å².